The molecule has 0 bridgehead atoms. The maximum atomic E-state index is 12.0. The maximum Gasteiger partial charge on any atom is 0.326 e. The highest BCUT2D eigenvalue weighted by atomic mass is 16.4. The number of hydrogen-bond donors (Lipinski definition) is 2. The summed E-state index contributed by atoms with van der Waals surface area (Å²) in [7, 11) is 2.06. The fourth-order valence-corrected chi connectivity index (χ4v) is 2.81. The smallest absolute Gasteiger partial charge is 0.326 e. The Morgan fingerprint density at radius 1 is 1.28 bits per heavy atom. The number of amides is 2. The number of rotatable bonds is 3. The Morgan fingerprint density at radius 2 is 2.00 bits per heavy atom. The van der Waals surface area contributed by atoms with E-state index in [4.69, 9.17) is 5.11 Å². The van der Waals surface area contributed by atoms with Gasteiger partial charge in [0, 0.05) is 19.1 Å². The first-order chi connectivity index (χ1) is 8.59. The number of carboxylic acid groups (broad SMARTS) is 1. The zero-order valence-corrected chi connectivity index (χ0v) is 10.8. The van der Waals surface area contributed by atoms with E-state index in [1.165, 1.54) is 11.3 Å². The first kappa shape index (κ1) is 13.1. The molecule has 0 aliphatic carbocycles. The molecule has 2 saturated heterocycles. The number of urea groups is 1. The summed E-state index contributed by atoms with van der Waals surface area (Å²) >= 11 is 0. The van der Waals surface area contributed by atoms with Crippen molar-refractivity contribution in [1.82, 2.24) is 15.1 Å². The number of carboxylic acids is 1. The van der Waals surface area contributed by atoms with Crippen molar-refractivity contribution in [2.24, 2.45) is 0 Å². The summed E-state index contributed by atoms with van der Waals surface area (Å²) in [6.07, 6.45) is 3.59. The number of hydrogen-bond acceptors (Lipinski definition) is 3. The van der Waals surface area contributed by atoms with Crippen molar-refractivity contribution in [3.8, 4) is 0 Å². The van der Waals surface area contributed by atoms with Crippen LogP contribution < -0.4 is 5.32 Å². The molecule has 0 spiro atoms. The molecule has 2 rings (SSSR count). The summed E-state index contributed by atoms with van der Waals surface area (Å²) in [4.78, 5) is 26.6. The van der Waals surface area contributed by atoms with Crippen molar-refractivity contribution < 1.29 is 14.7 Å². The van der Waals surface area contributed by atoms with Gasteiger partial charge in [-0.1, -0.05) is 0 Å². The lowest BCUT2D eigenvalue weighted by atomic mass is 10.2. The number of likely N-dealkylation sites (N-methyl/N-ethyl adjacent to an activating group) is 1. The third-order valence-corrected chi connectivity index (χ3v) is 3.96. The van der Waals surface area contributed by atoms with E-state index < -0.39 is 12.0 Å². The lowest BCUT2D eigenvalue weighted by molar-refractivity contribution is -0.141. The van der Waals surface area contributed by atoms with Crippen molar-refractivity contribution in [2.75, 3.05) is 26.7 Å². The molecule has 2 fully saturated rings. The average molecular weight is 255 g/mol. The molecule has 2 aliphatic heterocycles. The first-order valence-electron chi connectivity index (χ1n) is 6.57. The number of carbonyl (C=O) groups excluding carboxylic acids is 1. The fraction of sp³-hybridized carbons (Fsp3) is 0.833. The Labute approximate surface area is 107 Å². The van der Waals surface area contributed by atoms with Crippen LogP contribution in [0, 0.1) is 0 Å². The van der Waals surface area contributed by atoms with E-state index in [1.54, 1.807) is 0 Å². The van der Waals surface area contributed by atoms with Crippen LogP contribution in [0.3, 0.4) is 0 Å². The van der Waals surface area contributed by atoms with Crippen molar-refractivity contribution in [2.45, 2.75) is 37.8 Å². The monoisotopic (exact) mass is 255 g/mol. The summed E-state index contributed by atoms with van der Waals surface area (Å²) in [5.41, 5.74) is 0. The number of carbonyl (C=O) groups is 2. The average Bonchev–Trinajstić information content (AvgIpc) is 2.94. The summed E-state index contributed by atoms with van der Waals surface area (Å²) in [6, 6.07) is -0.494. The van der Waals surface area contributed by atoms with E-state index in [0.717, 1.165) is 19.4 Å². The van der Waals surface area contributed by atoms with Gasteiger partial charge in [-0.2, -0.15) is 0 Å². The Morgan fingerprint density at radius 3 is 2.61 bits per heavy atom. The molecule has 0 aromatic carbocycles. The van der Waals surface area contributed by atoms with Gasteiger partial charge >= 0.3 is 12.0 Å². The van der Waals surface area contributed by atoms with Gasteiger partial charge in [-0.15, -0.1) is 0 Å². The summed E-state index contributed by atoms with van der Waals surface area (Å²) in [5.74, 6) is -0.902. The molecule has 0 radical (unpaired) electrons. The molecule has 2 atom stereocenters. The van der Waals surface area contributed by atoms with Gasteiger partial charge in [-0.3, -0.25) is 0 Å². The Hall–Kier alpha value is -1.30. The minimum Gasteiger partial charge on any atom is -0.480 e. The van der Waals surface area contributed by atoms with Crippen LogP contribution in [0.1, 0.15) is 25.7 Å². The Bertz CT molecular complexity index is 335. The van der Waals surface area contributed by atoms with Crippen molar-refractivity contribution in [3.05, 3.63) is 0 Å². The first-order valence-corrected chi connectivity index (χ1v) is 6.57. The second-order valence-electron chi connectivity index (χ2n) is 5.15. The van der Waals surface area contributed by atoms with Crippen LogP contribution in [0.2, 0.25) is 0 Å². The predicted octanol–water partition coefficient (Wildman–Crippen LogP) is 0.339. The van der Waals surface area contributed by atoms with Gasteiger partial charge in [-0.05, 0) is 39.3 Å². The zero-order chi connectivity index (χ0) is 13.1. The van der Waals surface area contributed by atoms with Crippen LogP contribution >= 0.6 is 0 Å². The Balaban J connectivity index is 1.82. The molecule has 102 valence electrons. The minimum absolute atomic E-state index is 0.236. The molecular weight excluding hydrogens is 234 g/mol. The lowest BCUT2D eigenvalue weighted by Gasteiger charge is -2.24. The molecule has 2 amide bonds. The third kappa shape index (κ3) is 2.75. The molecular formula is C12H21N3O3. The number of nitrogens with one attached hydrogen (secondary N) is 1. The number of aliphatic carboxylic acids is 1. The molecule has 1 unspecified atom stereocenters. The topological polar surface area (TPSA) is 72.9 Å². The van der Waals surface area contributed by atoms with Crippen LogP contribution in [0.4, 0.5) is 4.79 Å². The van der Waals surface area contributed by atoms with Gasteiger partial charge in [0.2, 0.25) is 0 Å². The normalized spacial score (nSPS) is 28.6. The molecule has 6 nitrogen and oxygen atoms in total. The van der Waals surface area contributed by atoms with Crippen LogP contribution in [0.5, 0.6) is 0 Å². The quantitative estimate of drug-likeness (QED) is 0.762. The highest BCUT2D eigenvalue weighted by Gasteiger charge is 2.34. The highest BCUT2D eigenvalue weighted by molar-refractivity contribution is 5.83. The molecule has 2 heterocycles. The van der Waals surface area contributed by atoms with Gasteiger partial charge < -0.3 is 20.2 Å². The fourth-order valence-electron chi connectivity index (χ4n) is 2.81. The second kappa shape index (κ2) is 5.56. The van der Waals surface area contributed by atoms with Crippen molar-refractivity contribution in [3.63, 3.8) is 0 Å². The number of nitrogens with zero attached hydrogens (tertiary/aromatic N) is 2. The molecule has 6 heteroatoms. The van der Waals surface area contributed by atoms with E-state index in [1.807, 2.05) is 0 Å². The standard InChI is InChI=1S/C12H21N3O3/c1-14-6-2-4-9(14)8-13-12(18)15-7-3-5-10(15)11(16)17/h9-10H,2-8H2,1H3,(H,13,18)(H,16,17)/t9?,10-/m1/s1. The van der Waals surface area contributed by atoms with E-state index in [-0.39, 0.29) is 6.03 Å². The SMILES string of the molecule is CN1CCCC1CNC(=O)N1CCC[C@@H]1C(=O)O. The molecule has 0 aromatic heterocycles. The minimum atomic E-state index is -0.902. The van der Waals surface area contributed by atoms with E-state index in [9.17, 15) is 9.59 Å². The number of likely N-dealkylation sites (tertiary alicyclic amines) is 2. The largest absolute Gasteiger partial charge is 0.480 e. The molecule has 18 heavy (non-hydrogen) atoms. The highest BCUT2D eigenvalue weighted by Crippen LogP contribution is 2.18. The zero-order valence-electron chi connectivity index (χ0n) is 10.8. The molecule has 0 saturated carbocycles. The summed E-state index contributed by atoms with van der Waals surface area (Å²) < 4.78 is 0. The summed E-state index contributed by atoms with van der Waals surface area (Å²) in [6.45, 7) is 2.23. The molecule has 0 aromatic rings. The van der Waals surface area contributed by atoms with Crippen LogP contribution in [0.15, 0.2) is 0 Å². The predicted molar refractivity (Wildman–Crippen MR) is 66.4 cm³/mol. The van der Waals surface area contributed by atoms with Crippen molar-refractivity contribution >= 4 is 12.0 Å². The van der Waals surface area contributed by atoms with Crippen molar-refractivity contribution in [1.29, 1.82) is 0 Å². The van der Waals surface area contributed by atoms with E-state index in [2.05, 4.69) is 17.3 Å². The van der Waals surface area contributed by atoms with Crippen LogP contribution in [0.25, 0.3) is 0 Å². The Kier molecular flexibility index (Phi) is 4.06. The van der Waals surface area contributed by atoms with Crippen LogP contribution in [-0.2, 0) is 4.79 Å². The summed E-state index contributed by atoms with van der Waals surface area (Å²) in [5, 5.41) is 11.9. The van der Waals surface area contributed by atoms with Gasteiger partial charge in [-0.25, -0.2) is 9.59 Å². The van der Waals surface area contributed by atoms with E-state index >= 15 is 0 Å². The van der Waals surface area contributed by atoms with E-state index in [0.29, 0.717) is 25.6 Å². The maximum absolute atomic E-state index is 12.0. The van der Waals surface area contributed by atoms with Gasteiger partial charge in [0.05, 0.1) is 0 Å². The second-order valence-corrected chi connectivity index (χ2v) is 5.15. The van der Waals surface area contributed by atoms with Crippen LogP contribution in [-0.4, -0.2) is 65.7 Å². The molecule has 2 aliphatic rings. The van der Waals surface area contributed by atoms with Gasteiger partial charge in [0.15, 0.2) is 0 Å². The third-order valence-electron chi connectivity index (χ3n) is 3.96. The molecule has 2 N–H and O–H groups in total. The lowest BCUT2D eigenvalue weighted by Crippen LogP contribution is -2.48. The van der Waals surface area contributed by atoms with Gasteiger partial charge in [0.1, 0.15) is 6.04 Å². The van der Waals surface area contributed by atoms with Gasteiger partial charge in [0.25, 0.3) is 0 Å².